The second-order valence-electron chi connectivity index (χ2n) is 6.66. The Bertz CT molecular complexity index is 950. The summed E-state index contributed by atoms with van der Waals surface area (Å²) in [7, 11) is 0. The molecule has 138 valence electrons. The minimum Gasteiger partial charge on any atom is -0.491 e. The molecule has 5 nitrogen and oxygen atoms in total. The van der Waals surface area contributed by atoms with Crippen molar-refractivity contribution in [3.63, 3.8) is 0 Å². The number of benzene rings is 2. The predicted molar refractivity (Wildman–Crippen MR) is 109 cm³/mol. The molecule has 0 spiro atoms. The van der Waals surface area contributed by atoms with Crippen LogP contribution in [0.5, 0.6) is 5.75 Å². The molecule has 4 rings (SSSR count). The van der Waals surface area contributed by atoms with Crippen LogP contribution in [-0.4, -0.2) is 21.8 Å². The molecule has 0 aliphatic carbocycles. The van der Waals surface area contributed by atoms with Gasteiger partial charge in [-0.2, -0.15) is 16.9 Å². The number of amides is 1. The van der Waals surface area contributed by atoms with Crippen LogP contribution < -0.4 is 10.1 Å². The number of carbonyl (C=O) groups excluding carboxylic acids is 1. The van der Waals surface area contributed by atoms with E-state index < -0.39 is 0 Å². The van der Waals surface area contributed by atoms with Crippen LogP contribution >= 0.6 is 11.8 Å². The van der Waals surface area contributed by atoms with Crippen LogP contribution in [0, 0.1) is 0 Å². The monoisotopic (exact) mass is 379 g/mol. The Hall–Kier alpha value is -2.73. The van der Waals surface area contributed by atoms with Gasteiger partial charge in [-0.3, -0.25) is 4.79 Å². The number of nitrogens with zero attached hydrogens (tertiary/aromatic N) is 2. The van der Waals surface area contributed by atoms with Crippen molar-refractivity contribution >= 4 is 23.5 Å². The molecule has 0 fully saturated rings. The Kier molecular flexibility index (Phi) is 4.90. The Balaban J connectivity index is 1.61. The fourth-order valence-electron chi connectivity index (χ4n) is 3.03. The molecular formula is C21H21N3O2S. The zero-order chi connectivity index (χ0) is 18.8. The quantitative estimate of drug-likeness (QED) is 0.701. The number of thioether (sulfide) groups is 1. The van der Waals surface area contributed by atoms with Gasteiger partial charge in [0.15, 0.2) is 0 Å². The zero-order valence-corrected chi connectivity index (χ0v) is 16.1. The minimum atomic E-state index is -0.150. The Labute approximate surface area is 162 Å². The highest BCUT2D eigenvalue weighted by atomic mass is 32.2. The fraction of sp³-hybridized carbons (Fsp3) is 0.238. The average Bonchev–Trinajstić information content (AvgIpc) is 3.25. The summed E-state index contributed by atoms with van der Waals surface area (Å²) in [6.07, 6.45) is 0.102. The largest absolute Gasteiger partial charge is 0.491 e. The van der Waals surface area contributed by atoms with Crippen LogP contribution in [0.2, 0.25) is 0 Å². The molecule has 1 amide bonds. The lowest BCUT2D eigenvalue weighted by Gasteiger charge is -2.12. The van der Waals surface area contributed by atoms with Crippen molar-refractivity contribution in [2.75, 3.05) is 5.32 Å². The summed E-state index contributed by atoms with van der Waals surface area (Å²) < 4.78 is 7.48. The number of carbonyl (C=O) groups is 1. The van der Waals surface area contributed by atoms with E-state index in [1.807, 2.05) is 72.8 Å². The highest BCUT2D eigenvalue weighted by Crippen LogP contribution is 2.36. The van der Waals surface area contributed by atoms with E-state index in [-0.39, 0.29) is 12.0 Å². The Morgan fingerprint density at radius 1 is 1.11 bits per heavy atom. The van der Waals surface area contributed by atoms with Crippen LogP contribution in [0.15, 0.2) is 54.6 Å². The normalized spacial score (nSPS) is 12.9. The maximum absolute atomic E-state index is 12.8. The maximum Gasteiger partial charge on any atom is 0.256 e. The van der Waals surface area contributed by atoms with Crippen molar-refractivity contribution in [2.45, 2.75) is 31.5 Å². The number of hydrogen-bond donors (Lipinski definition) is 1. The molecule has 2 heterocycles. The maximum atomic E-state index is 12.8. The number of hydrogen-bond acceptors (Lipinski definition) is 4. The molecule has 1 aliphatic heterocycles. The van der Waals surface area contributed by atoms with Gasteiger partial charge in [0.25, 0.3) is 5.91 Å². The number of anilines is 1. The number of nitrogens with one attached hydrogen (secondary N) is 1. The molecule has 1 aromatic heterocycles. The van der Waals surface area contributed by atoms with Crippen molar-refractivity contribution in [1.82, 2.24) is 9.78 Å². The summed E-state index contributed by atoms with van der Waals surface area (Å²) in [5, 5.41) is 7.79. The van der Waals surface area contributed by atoms with Gasteiger partial charge in [-0.1, -0.05) is 18.2 Å². The molecule has 0 radical (unpaired) electrons. The van der Waals surface area contributed by atoms with Gasteiger partial charge in [0, 0.05) is 22.6 Å². The van der Waals surface area contributed by atoms with Gasteiger partial charge in [0.2, 0.25) is 0 Å². The third kappa shape index (κ3) is 3.71. The number of rotatable bonds is 5. The molecule has 6 heteroatoms. The number of fused-ring (bicyclic) bond motifs is 1. The van der Waals surface area contributed by atoms with E-state index in [0.29, 0.717) is 5.56 Å². The van der Waals surface area contributed by atoms with Gasteiger partial charge in [-0.25, -0.2) is 4.68 Å². The molecule has 1 aliphatic rings. The molecule has 0 unspecified atom stereocenters. The molecule has 0 saturated carbocycles. The molecule has 0 saturated heterocycles. The average molecular weight is 379 g/mol. The Morgan fingerprint density at radius 3 is 2.56 bits per heavy atom. The summed E-state index contributed by atoms with van der Waals surface area (Å²) in [4.78, 5) is 12.8. The third-order valence-corrected chi connectivity index (χ3v) is 5.24. The van der Waals surface area contributed by atoms with Crippen LogP contribution in [0.4, 0.5) is 5.82 Å². The van der Waals surface area contributed by atoms with Crippen LogP contribution in [-0.2, 0) is 11.5 Å². The molecular weight excluding hydrogens is 358 g/mol. The third-order valence-electron chi connectivity index (χ3n) is 4.27. The first kappa shape index (κ1) is 17.7. The van der Waals surface area contributed by atoms with Crippen LogP contribution in [0.3, 0.4) is 0 Å². The van der Waals surface area contributed by atoms with Crippen molar-refractivity contribution in [3.05, 3.63) is 71.4 Å². The fourth-order valence-corrected chi connectivity index (χ4v) is 4.07. The van der Waals surface area contributed by atoms with Gasteiger partial charge in [-0.05, 0) is 50.2 Å². The van der Waals surface area contributed by atoms with E-state index >= 15 is 0 Å². The van der Waals surface area contributed by atoms with Gasteiger partial charge >= 0.3 is 0 Å². The van der Waals surface area contributed by atoms with Gasteiger partial charge < -0.3 is 10.1 Å². The second kappa shape index (κ2) is 7.48. The Morgan fingerprint density at radius 2 is 1.85 bits per heavy atom. The lowest BCUT2D eigenvalue weighted by Crippen LogP contribution is -2.16. The first-order valence-corrected chi connectivity index (χ1v) is 10.1. The predicted octanol–water partition coefficient (Wildman–Crippen LogP) is 4.66. The molecule has 1 N–H and O–H groups in total. The smallest absolute Gasteiger partial charge is 0.256 e. The van der Waals surface area contributed by atoms with E-state index in [1.165, 1.54) is 0 Å². The molecule has 0 atom stereocenters. The van der Waals surface area contributed by atoms with E-state index in [0.717, 1.165) is 40.0 Å². The second-order valence-corrected chi connectivity index (χ2v) is 7.64. The van der Waals surface area contributed by atoms with Crippen LogP contribution in [0.1, 0.15) is 35.5 Å². The summed E-state index contributed by atoms with van der Waals surface area (Å²) >= 11 is 1.81. The zero-order valence-electron chi connectivity index (χ0n) is 15.3. The standard InChI is InChI=1S/C21H21N3O2S/c1-14(2)26-17-10-8-15(9-11-17)21(25)22-20-18-12-27-13-19(18)23-24(20)16-6-4-3-5-7-16/h3-11,14H,12-13H2,1-2H3,(H,22,25). The summed E-state index contributed by atoms with van der Waals surface area (Å²) in [5.74, 6) is 3.10. The highest BCUT2D eigenvalue weighted by Gasteiger charge is 2.25. The number of para-hydroxylation sites is 1. The van der Waals surface area contributed by atoms with Crippen molar-refractivity contribution < 1.29 is 9.53 Å². The van der Waals surface area contributed by atoms with E-state index in [2.05, 4.69) is 5.32 Å². The molecule has 0 bridgehead atoms. The van der Waals surface area contributed by atoms with Gasteiger partial charge in [0.1, 0.15) is 11.6 Å². The first-order valence-electron chi connectivity index (χ1n) is 8.94. The van der Waals surface area contributed by atoms with Crippen molar-refractivity contribution in [1.29, 1.82) is 0 Å². The number of aromatic nitrogens is 2. The summed E-state index contributed by atoms with van der Waals surface area (Å²) in [5.41, 5.74) is 3.68. The van der Waals surface area contributed by atoms with Gasteiger partial charge in [-0.15, -0.1) is 0 Å². The van der Waals surface area contributed by atoms with Crippen molar-refractivity contribution in [2.24, 2.45) is 0 Å². The SMILES string of the molecule is CC(C)Oc1ccc(C(=O)Nc2c3c(nn2-c2ccccc2)CSC3)cc1. The van der Waals surface area contributed by atoms with E-state index in [4.69, 9.17) is 9.84 Å². The number of ether oxygens (including phenoxy) is 1. The van der Waals surface area contributed by atoms with E-state index in [1.54, 1.807) is 12.1 Å². The molecule has 2 aromatic carbocycles. The summed E-state index contributed by atoms with van der Waals surface area (Å²) in [6.45, 7) is 3.95. The molecule has 27 heavy (non-hydrogen) atoms. The molecule has 3 aromatic rings. The highest BCUT2D eigenvalue weighted by molar-refractivity contribution is 7.98. The van der Waals surface area contributed by atoms with E-state index in [9.17, 15) is 4.79 Å². The topological polar surface area (TPSA) is 56.1 Å². The lowest BCUT2D eigenvalue weighted by molar-refractivity contribution is 0.102. The first-order chi connectivity index (χ1) is 13.1. The van der Waals surface area contributed by atoms with Crippen molar-refractivity contribution in [3.8, 4) is 11.4 Å². The van der Waals surface area contributed by atoms with Gasteiger partial charge in [0.05, 0.1) is 17.5 Å². The van der Waals surface area contributed by atoms with Crippen LogP contribution in [0.25, 0.3) is 5.69 Å². The minimum absolute atomic E-state index is 0.102. The summed E-state index contributed by atoms with van der Waals surface area (Å²) in [6, 6.07) is 17.1. The lowest BCUT2D eigenvalue weighted by atomic mass is 10.2.